The Morgan fingerprint density at radius 3 is 2.28 bits per heavy atom. The van der Waals surface area contributed by atoms with Crippen LogP contribution in [0.1, 0.15) is 39.2 Å². The molecule has 1 fully saturated rings. The molecule has 1 aliphatic rings. The molecule has 0 spiro atoms. The van der Waals surface area contributed by atoms with Crippen LogP contribution in [0.15, 0.2) is 24.3 Å². The van der Waals surface area contributed by atoms with Gasteiger partial charge in [0, 0.05) is 31.4 Å². The first-order valence-electron chi connectivity index (χ1n) is 7.13. The van der Waals surface area contributed by atoms with Gasteiger partial charge in [0.1, 0.15) is 0 Å². The van der Waals surface area contributed by atoms with Crippen molar-refractivity contribution in [1.29, 1.82) is 0 Å². The first-order valence-corrected chi connectivity index (χ1v) is 7.13. The zero-order chi connectivity index (χ0) is 13.1. The second kappa shape index (κ2) is 5.75. The van der Waals surface area contributed by atoms with Gasteiger partial charge in [-0.25, -0.2) is 0 Å². The number of nitrogens with zero attached hydrogens (tertiary/aromatic N) is 1. The van der Waals surface area contributed by atoms with Crippen molar-refractivity contribution in [1.82, 2.24) is 5.32 Å². The van der Waals surface area contributed by atoms with Gasteiger partial charge in [-0.3, -0.25) is 0 Å². The summed E-state index contributed by atoms with van der Waals surface area (Å²) >= 11 is 0. The van der Waals surface area contributed by atoms with Crippen LogP contribution in [0.5, 0.6) is 0 Å². The summed E-state index contributed by atoms with van der Waals surface area (Å²) in [6.45, 7) is 7.66. The Bertz CT molecular complexity index is 365. The topological polar surface area (TPSA) is 15.3 Å². The SMILES string of the molecule is CC(C)NCc1ccc(N(C)C(C)C2CC2)cc1. The zero-order valence-corrected chi connectivity index (χ0v) is 12.1. The third-order valence-electron chi connectivity index (χ3n) is 3.97. The highest BCUT2D eigenvalue weighted by molar-refractivity contribution is 5.48. The Balaban J connectivity index is 1.93. The predicted octanol–water partition coefficient (Wildman–Crippen LogP) is 3.42. The second-order valence-electron chi connectivity index (χ2n) is 5.89. The minimum atomic E-state index is 0.544. The van der Waals surface area contributed by atoms with E-state index in [1.165, 1.54) is 24.1 Å². The molecule has 1 atom stereocenters. The number of rotatable bonds is 6. The van der Waals surface area contributed by atoms with E-state index in [4.69, 9.17) is 0 Å². The quantitative estimate of drug-likeness (QED) is 0.827. The molecule has 0 bridgehead atoms. The Kier molecular flexibility index (Phi) is 4.28. The van der Waals surface area contributed by atoms with Crippen LogP contribution in [-0.4, -0.2) is 19.1 Å². The summed E-state index contributed by atoms with van der Waals surface area (Å²) in [6.07, 6.45) is 2.81. The van der Waals surface area contributed by atoms with E-state index in [2.05, 4.69) is 62.3 Å². The van der Waals surface area contributed by atoms with E-state index in [9.17, 15) is 0 Å². The van der Waals surface area contributed by atoms with Gasteiger partial charge in [0.05, 0.1) is 0 Å². The van der Waals surface area contributed by atoms with Crippen LogP contribution in [0.2, 0.25) is 0 Å². The molecule has 100 valence electrons. The van der Waals surface area contributed by atoms with Crippen molar-refractivity contribution < 1.29 is 0 Å². The van der Waals surface area contributed by atoms with Crippen LogP contribution in [0.4, 0.5) is 5.69 Å². The molecule has 1 aromatic rings. The summed E-state index contributed by atoms with van der Waals surface area (Å²) in [5, 5.41) is 3.45. The van der Waals surface area contributed by atoms with E-state index in [1.54, 1.807) is 0 Å². The smallest absolute Gasteiger partial charge is 0.0366 e. The van der Waals surface area contributed by atoms with Gasteiger partial charge in [-0.1, -0.05) is 26.0 Å². The summed E-state index contributed by atoms with van der Waals surface area (Å²) in [5.74, 6) is 0.914. The fourth-order valence-corrected chi connectivity index (χ4v) is 2.30. The Morgan fingerprint density at radius 2 is 1.78 bits per heavy atom. The first kappa shape index (κ1) is 13.4. The highest BCUT2D eigenvalue weighted by Gasteiger charge is 2.30. The molecule has 0 aliphatic heterocycles. The van der Waals surface area contributed by atoms with E-state index in [0.717, 1.165) is 12.5 Å². The van der Waals surface area contributed by atoms with E-state index in [1.807, 2.05) is 0 Å². The van der Waals surface area contributed by atoms with Crippen molar-refractivity contribution in [3.05, 3.63) is 29.8 Å². The number of hydrogen-bond acceptors (Lipinski definition) is 2. The molecule has 0 heterocycles. The monoisotopic (exact) mass is 246 g/mol. The van der Waals surface area contributed by atoms with Crippen molar-refractivity contribution in [2.24, 2.45) is 5.92 Å². The summed E-state index contributed by atoms with van der Waals surface area (Å²) < 4.78 is 0. The molecule has 0 aromatic heterocycles. The third kappa shape index (κ3) is 3.49. The van der Waals surface area contributed by atoms with Crippen molar-refractivity contribution in [2.75, 3.05) is 11.9 Å². The normalized spacial score (nSPS) is 16.9. The fraction of sp³-hybridized carbons (Fsp3) is 0.625. The minimum absolute atomic E-state index is 0.544. The van der Waals surface area contributed by atoms with E-state index in [-0.39, 0.29) is 0 Å². The predicted molar refractivity (Wildman–Crippen MR) is 79.0 cm³/mol. The molecule has 0 amide bonds. The van der Waals surface area contributed by atoms with Gasteiger partial charge in [0.25, 0.3) is 0 Å². The average molecular weight is 246 g/mol. The van der Waals surface area contributed by atoms with Crippen LogP contribution in [0.3, 0.4) is 0 Å². The molecule has 1 saturated carbocycles. The fourth-order valence-electron chi connectivity index (χ4n) is 2.30. The Labute approximate surface area is 111 Å². The van der Waals surface area contributed by atoms with E-state index in [0.29, 0.717) is 12.1 Å². The summed E-state index contributed by atoms with van der Waals surface area (Å²) in [6, 6.07) is 10.2. The van der Waals surface area contributed by atoms with Crippen molar-refractivity contribution in [3.63, 3.8) is 0 Å². The number of benzene rings is 1. The van der Waals surface area contributed by atoms with Crippen molar-refractivity contribution in [2.45, 2.75) is 52.2 Å². The van der Waals surface area contributed by atoms with E-state index >= 15 is 0 Å². The molecular weight excluding hydrogens is 220 g/mol. The van der Waals surface area contributed by atoms with Gasteiger partial charge < -0.3 is 10.2 Å². The maximum absolute atomic E-state index is 3.45. The van der Waals surface area contributed by atoms with Gasteiger partial charge in [0.15, 0.2) is 0 Å². The largest absolute Gasteiger partial charge is 0.372 e. The lowest BCUT2D eigenvalue weighted by molar-refractivity contribution is 0.588. The van der Waals surface area contributed by atoms with Gasteiger partial charge in [-0.2, -0.15) is 0 Å². The van der Waals surface area contributed by atoms with Crippen LogP contribution in [0, 0.1) is 5.92 Å². The summed E-state index contributed by atoms with van der Waals surface area (Å²) in [5.41, 5.74) is 2.70. The Morgan fingerprint density at radius 1 is 1.17 bits per heavy atom. The van der Waals surface area contributed by atoms with Crippen LogP contribution >= 0.6 is 0 Å². The lowest BCUT2D eigenvalue weighted by Gasteiger charge is -2.27. The van der Waals surface area contributed by atoms with Gasteiger partial charge in [-0.15, -0.1) is 0 Å². The van der Waals surface area contributed by atoms with Gasteiger partial charge in [0.2, 0.25) is 0 Å². The van der Waals surface area contributed by atoms with Crippen LogP contribution in [-0.2, 0) is 6.54 Å². The first-order chi connectivity index (χ1) is 8.58. The molecule has 2 heteroatoms. The van der Waals surface area contributed by atoms with Crippen LogP contribution in [0.25, 0.3) is 0 Å². The molecule has 1 aliphatic carbocycles. The highest BCUT2D eigenvalue weighted by atomic mass is 15.1. The molecule has 1 unspecified atom stereocenters. The maximum Gasteiger partial charge on any atom is 0.0366 e. The Hall–Kier alpha value is -1.02. The molecule has 2 nitrogen and oxygen atoms in total. The van der Waals surface area contributed by atoms with E-state index < -0.39 is 0 Å². The minimum Gasteiger partial charge on any atom is -0.372 e. The number of hydrogen-bond donors (Lipinski definition) is 1. The molecule has 18 heavy (non-hydrogen) atoms. The maximum atomic E-state index is 3.45. The number of anilines is 1. The lowest BCUT2D eigenvalue weighted by atomic mass is 10.1. The second-order valence-corrected chi connectivity index (χ2v) is 5.89. The summed E-state index contributed by atoms with van der Waals surface area (Å²) in [4.78, 5) is 2.41. The van der Waals surface area contributed by atoms with Crippen LogP contribution < -0.4 is 10.2 Å². The molecule has 1 N–H and O–H groups in total. The lowest BCUT2D eigenvalue weighted by Crippen LogP contribution is -2.30. The van der Waals surface area contributed by atoms with Crippen molar-refractivity contribution in [3.8, 4) is 0 Å². The van der Waals surface area contributed by atoms with Gasteiger partial charge >= 0.3 is 0 Å². The molecular formula is C16H26N2. The molecule has 0 radical (unpaired) electrons. The standard InChI is InChI=1S/C16H26N2/c1-12(2)17-11-14-5-9-16(10-6-14)18(4)13(3)15-7-8-15/h5-6,9-10,12-13,15,17H,7-8,11H2,1-4H3. The molecule has 0 saturated heterocycles. The third-order valence-corrected chi connectivity index (χ3v) is 3.97. The van der Waals surface area contributed by atoms with Gasteiger partial charge in [-0.05, 0) is 43.4 Å². The van der Waals surface area contributed by atoms with Crippen molar-refractivity contribution >= 4 is 5.69 Å². The average Bonchev–Trinajstić information content (AvgIpc) is 3.19. The zero-order valence-electron chi connectivity index (χ0n) is 12.1. The summed E-state index contributed by atoms with van der Waals surface area (Å²) in [7, 11) is 2.21. The number of nitrogens with one attached hydrogen (secondary N) is 1. The highest BCUT2D eigenvalue weighted by Crippen LogP contribution is 2.36. The molecule has 2 rings (SSSR count). The molecule has 1 aromatic carbocycles.